The van der Waals surface area contributed by atoms with Gasteiger partial charge in [0, 0.05) is 16.5 Å². The number of carbonyl (C=O) groups excluding carboxylic acids is 1. The first-order chi connectivity index (χ1) is 8.42. The summed E-state index contributed by atoms with van der Waals surface area (Å²) in [6, 6.07) is 4.47. The molecule has 1 amide bonds. The predicted octanol–water partition coefficient (Wildman–Crippen LogP) is 3.09. The highest BCUT2D eigenvalue weighted by Gasteiger charge is 2.16. The van der Waals surface area contributed by atoms with Crippen molar-refractivity contribution in [1.29, 1.82) is 0 Å². The van der Waals surface area contributed by atoms with Crippen LogP contribution in [0.15, 0.2) is 17.5 Å². The van der Waals surface area contributed by atoms with Gasteiger partial charge in [-0.2, -0.15) is 0 Å². The maximum absolute atomic E-state index is 11.8. The number of hydrogen-bond acceptors (Lipinski definition) is 3. The number of nitrogens with one attached hydrogen (secondary N) is 2. The Morgan fingerprint density at radius 1 is 1.44 bits per heavy atom. The first-order valence-electron chi connectivity index (χ1n) is 6.50. The highest BCUT2D eigenvalue weighted by atomic mass is 32.1. The summed E-state index contributed by atoms with van der Waals surface area (Å²) >= 11 is 1.74. The first-order valence-corrected chi connectivity index (χ1v) is 7.38. The lowest BCUT2D eigenvalue weighted by Crippen LogP contribution is -2.45. The zero-order valence-corrected chi connectivity index (χ0v) is 12.6. The fourth-order valence-corrected chi connectivity index (χ4v) is 2.64. The van der Waals surface area contributed by atoms with Crippen LogP contribution in [0.5, 0.6) is 0 Å². The molecular formula is C14H24N2OS. The number of thiophene rings is 1. The van der Waals surface area contributed by atoms with Gasteiger partial charge in [0.2, 0.25) is 5.91 Å². The van der Waals surface area contributed by atoms with Crippen molar-refractivity contribution in [2.75, 3.05) is 6.54 Å². The van der Waals surface area contributed by atoms with Gasteiger partial charge in [-0.05, 0) is 38.6 Å². The van der Waals surface area contributed by atoms with Gasteiger partial charge < -0.3 is 10.6 Å². The van der Waals surface area contributed by atoms with Gasteiger partial charge in [0.1, 0.15) is 0 Å². The van der Waals surface area contributed by atoms with Gasteiger partial charge in [-0.3, -0.25) is 4.79 Å². The normalized spacial score (nSPS) is 13.3. The summed E-state index contributed by atoms with van der Waals surface area (Å²) in [7, 11) is 0. The minimum atomic E-state index is -0.165. The summed E-state index contributed by atoms with van der Waals surface area (Å²) in [5.74, 6) is 0.0557. The van der Waals surface area contributed by atoms with Crippen LogP contribution in [-0.2, 0) is 4.79 Å². The van der Waals surface area contributed by atoms with E-state index in [0.29, 0.717) is 12.6 Å². The Kier molecular flexibility index (Phi) is 5.82. The molecule has 1 unspecified atom stereocenters. The standard InChI is InChI=1S/C14H24N2OS/c1-5-7-11(12-8-6-9-18-12)15-10-13(17)16-14(2,3)4/h6,8-9,11,15H,5,7,10H2,1-4H3,(H,16,17). The molecule has 1 heterocycles. The van der Waals surface area contributed by atoms with Crippen LogP contribution in [0, 0.1) is 0 Å². The molecule has 4 heteroatoms. The molecule has 2 N–H and O–H groups in total. The molecule has 0 radical (unpaired) electrons. The SMILES string of the molecule is CCCC(NCC(=O)NC(C)(C)C)c1cccs1. The van der Waals surface area contributed by atoms with Gasteiger partial charge in [-0.15, -0.1) is 11.3 Å². The van der Waals surface area contributed by atoms with E-state index in [1.165, 1.54) is 4.88 Å². The van der Waals surface area contributed by atoms with E-state index in [1.807, 2.05) is 20.8 Å². The fourth-order valence-electron chi connectivity index (χ4n) is 1.80. The average Bonchev–Trinajstić information content (AvgIpc) is 2.74. The van der Waals surface area contributed by atoms with Crippen molar-refractivity contribution in [2.24, 2.45) is 0 Å². The molecule has 1 aromatic heterocycles. The van der Waals surface area contributed by atoms with Crippen LogP contribution < -0.4 is 10.6 Å². The van der Waals surface area contributed by atoms with Gasteiger partial charge in [0.25, 0.3) is 0 Å². The van der Waals surface area contributed by atoms with Crippen LogP contribution in [0.25, 0.3) is 0 Å². The summed E-state index contributed by atoms with van der Waals surface area (Å²) in [5.41, 5.74) is -0.165. The van der Waals surface area contributed by atoms with Crippen LogP contribution in [0.3, 0.4) is 0 Å². The quantitative estimate of drug-likeness (QED) is 0.832. The first kappa shape index (κ1) is 15.2. The Bertz CT molecular complexity index is 354. The maximum Gasteiger partial charge on any atom is 0.234 e. The maximum atomic E-state index is 11.8. The lowest BCUT2D eigenvalue weighted by atomic mass is 10.1. The number of amides is 1. The minimum absolute atomic E-state index is 0.0557. The van der Waals surface area contributed by atoms with E-state index in [2.05, 4.69) is 35.1 Å². The summed E-state index contributed by atoms with van der Waals surface area (Å²) in [4.78, 5) is 13.1. The third-order valence-electron chi connectivity index (χ3n) is 2.49. The van der Waals surface area contributed by atoms with E-state index >= 15 is 0 Å². The van der Waals surface area contributed by atoms with Crippen LogP contribution in [-0.4, -0.2) is 18.0 Å². The van der Waals surface area contributed by atoms with Gasteiger partial charge >= 0.3 is 0 Å². The molecule has 1 rings (SSSR count). The largest absolute Gasteiger partial charge is 0.350 e. The topological polar surface area (TPSA) is 41.1 Å². The molecule has 1 aromatic rings. The molecule has 102 valence electrons. The van der Waals surface area contributed by atoms with Crippen LogP contribution in [0.2, 0.25) is 0 Å². The van der Waals surface area contributed by atoms with E-state index in [0.717, 1.165) is 12.8 Å². The van der Waals surface area contributed by atoms with Gasteiger partial charge in [-0.1, -0.05) is 19.4 Å². The van der Waals surface area contributed by atoms with Gasteiger partial charge in [0.05, 0.1) is 6.54 Å². The Morgan fingerprint density at radius 3 is 2.67 bits per heavy atom. The third kappa shape index (κ3) is 5.65. The molecular weight excluding hydrogens is 244 g/mol. The van der Waals surface area contributed by atoms with Gasteiger partial charge in [-0.25, -0.2) is 0 Å². The summed E-state index contributed by atoms with van der Waals surface area (Å²) in [5, 5.41) is 8.39. The number of hydrogen-bond donors (Lipinski definition) is 2. The predicted molar refractivity (Wildman–Crippen MR) is 77.9 cm³/mol. The molecule has 0 aliphatic rings. The molecule has 0 aromatic carbocycles. The average molecular weight is 268 g/mol. The van der Waals surface area contributed by atoms with E-state index in [1.54, 1.807) is 11.3 Å². The third-order valence-corrected chi connectivity index (χ3v) is 3.47. The van der Waals surface area contributed by atoms with Crippen molar-refractivity contribution in [1.82, 2.24) is 10.6 Å². The van der Waals surface area contributed by atoms with Crippen molar-refractivity contribution in [2.45, 2.75) is 52.1 Å². The van der Waals surface area contributed by atoms with Crippen molar-refractivity contribution in [3.05, 3.63) is 22.4 Å². The Balaban J connectivity index is 2.46. The van der Waals surface area contributed by atoms with Crippen molar-refractivity contribution < 1.29 is 4.79 Å². The number of rotatable bonds is 6. The molecule has 0 aliphatic heterocycles. The van der Waals surface area contributed by atoms with Crippen LogP contribution in [0.4, 0.5) is 0 Å². The highest BCUT2D eigenvalue weighted by molar-refractivity contribution is 7.10. The second-order valence-electron chi connectivity index (χ2n) is 5.54. The number of carbonyl (C=O) groups is 1. The molecule has 0 aliphatic carbocycles. The van der Waals surface area contributed by atoms with E-state index in [9.17, 15) is 4.79 Å². The fraction of sp³-hybridized carbons (Fsp3) is 0.643. The molecule has 0 saturated heterocycles. The van der Waals surface area contributed by atoms with Crippen molar-refractivity contribution >= 4 is 17.2 Å². The zero-order valence-electron chi connectivity index (χ0n) is 11.7. The Morgan fingerprint density at radius 2 is 2.17 bits per heavy atom. The van der Waals surface area contributed by atoms with Crippen molar-refractivity contribution in [3.8, 4) is 0 Å². The lowest BCUT2D eigenvalue weighted by molar-refractivity contribution is -0.121. The molecule has 0 saturated carbocycles. The van der Waals surface area contributed by atoms with Crippen LogP contribution in [0.1, 0.15) is 51.5 Å². The second kappa shape index (κ2) is 6.90. The zero-order chi connectivity index (χ0) is 13.6. The molecule has 1 atom stereocenters. The summed E-state index contributed by atoms with van der Waals surface area (Å²) < 4.78 is 0. The van der Waals surface area contributed by atoms with Gasteiger partial charge in [0.15, 0.2) is 0 Å². The molecule has 0 bridgehead atoms. The summed E-state index contributed by atoms with van der Waals surface area (Å²) in [6.45, 7) is 8.52. The highest BCUT2D eigenvalue weighted by Crippen LogP contribution is 2.22. The monoisotopic (exact) mass is 268 g/mol. The van der Waals surface area contributed by atoms with E-state index in [4.69, 9.17) is 0 Å². The van der Waals surface area contributed by atoms with Crippen molar-refractivity contribution in [3.63, 3.8) is 0 Å². The molecule has 3 nitrogen and oxygen atoms in total. The van der Waals surface area contributed by atoms with E-state index < -0.39 is 0 Å². The lowest BCUT2D eigenvalue weighted by Gasteiger charge is -2.22. The Hall–Kier alpha value is -0.870. The Labute approximate surface area is 114 Å². The smallest absolute Gasteiger partial charge is 0.234 e. The van der Waals surface area contributed by atoms with E-state index in [-0.39, 0.29) is 11.4 Å². The van der Waals surface area contributed by atoms with Crippen LogP contribution >= 0.6 is 11.3 Å². The summed E-state index contributed by atoms with van der Waals surface area (Å²) in [6.07, 6.45) is 2.17. The molecule has 0 spiro atoms. The second-order valence-corrected chi connectivity index (χ2v) is 6.52. The molecule has 0 fully saturated rings. The molecule has 18 heavy (non-hydrogen) atoms. The minimum Gasteiger partial charge on any atom is -0.350 e.